The van der Waals surface area contributed by atoms with Crippen LogP contribution in [0.15, 0.2) is 16.7 Å². The molecule has 0 spiro atoms. The fourth-order valence-corrected chi connectivity index (χ4v) is 3.27. The monoisotopic (exact) mass is 367 g/mol. The number of furan rings is 1. The van der Waals surface area contributed by atoms with Gasteiger partial charge in [0.2, 0.25) is 0 Å². The summed E-state index contributed by atoms with van der Waals surface area (Å²) in [5, 5.41) is 3.61. The number of hydrogen-bond donors (Lipinski definition) is 3. The van der Waals surface area contributed by atoms with E-state index in [1.807, 2.05) is 13.8 Å². The van der Waals surface area contributed by atoms with Crippen LogP contribution in [0.5, 0.6) is 0 Å². The summed E-state index contributed by atoms with van der Waals surface area (Å²) in [5.74, 6) is -0.317. The van der Waals surface area contributed by atoms with Crippen molar-refractivity contribution in [3.05, 3.63) is 39.7 Å². The fourth-order valence-electron chi connectivity index (χ4n) is 2.00. The number of esters is 1. The molecule has 0 bridgehead atoms. The zero-order valence-corrected chi connectivity index (χ0v) is 15.2. The molecule has 0 fully saturated rings. The van der Waals surface area contributed by atoms with E-state index in [-0.39, 0.29) is 11.0 Å². The predicted molar refractivity (Wildman–Crippen MR) is 95.4 cm³/mol. The number of carbonyl (C=O) groups excluding carboxylic acids is 2. The number of methoxy groups -OCH3 is 1. The summed E-state index contributed by atoms with van der Waals surface area (Å²) in [6.07, 6.45) is 1.43. The highest BCUT2D eigenvalue weighted by Gasteiger charge is 2.21. The Balaban J connectivity index is 2.03. The quantitative estimate of drug-likeness (QED) is 0.436. The Morgan fingerprint density at radius 3 is 2.54 bits per heavy atom. The number of ether oxygens (including phenoxy) is 1. The van der Waals surface area contributed by atoms with Gasteiger partial charge in [0, 0.05) is 4.88 Å². The molecule has 0 aliphatic rings. The van der Waals surface area contributed by atoms with E-state index in [1.54, 1.807) is 13.0 Å². The van der Waals surface area contributed by atoms with Crippen LogP contribution >= 0.6 is 23.6 Å². The Kier molecular flexibility index (Phi) is 5.58. The Labute approximate surface area is 148 Å². The summed E-state index contributed by atoms with van der Waals surface area (Å²) < 4.78 is 9.87. The molecule has 2 rings (SSSR count). The first kappa shape index (κ1) is 18.0. The van der Waals surface area contributed by atoms with Gasteiger partial charge in [-0.2, -0.15) is 0 Å². The number of hydrazine groups is 1. The molecule has 2 aromatic rings. The molecule has 1 amide bonds. The van der Waals surface area contributed by atoms with Crippen molar-refractivity contribution in [2.24, 2.45) is 0 Å². The highest BCUT2D eigenvalue weighted by molar-refractivity contribution is 7.80. The first-order valence-electron chi connectivity index (χ1n) is 6.94. The highest BCUT2D eigenvalue weighted by atomic mass is 32.1. The molecule has 3 N–H and O–H groups in total. The van der Waals surface area contributed by atoms with Crippen LogP contribution < -0.4 is 16.2 Å². The van der Waals surface area contributed by atoms with Gasteiger partial charge in [0.1, 0.15) is 10.8 Å². The maximum Gasteiger partial charge on any atom is 0.341 e. The summed E-state index contributed by atoms with van der Waals surface area (Å²) in [6.45, 7) is 5.42. The molecule has 0 saturated heterocycles. The van der Waals surface area contributed by atoms with Gasteiger partial charge in [0.15, 0.2) is 5.11 Å². The second-order valence-electron chi connectivity index (χ2n) is 4.90. The molecule has 0 aliphatic heterocycles. The molecule has 0 unspecified atom stereocenters. The number of nitrogens with one attached hydrogen (secondary N) is 3. The third kappa shape index (κ3) is 3.74. The third-order valence-electron chi connectivity index (χ3n) is 3.39. The number of thiocarbonyl (C=S) groups is 1. The van der Waals surface area contributed by atoms with Crippen LogP contribution in [0, 0.1) is 20.8 Å². The van der Waals surface area contributed by atoms with Gasteiger partial charge in [-0.25, -0.2) is 4.79 Å². The number of hydrogen-bond acceptors (Lipinski definition) is 6. The van der Waals surface area contributed by atoms with Crippen molar-refractivity contribution in [3.63, 3.8) is 0 Å². The van der Waals surface area contributed by atoms with Gasteiger partial charge in [-0.05, 0) is 44.6 Å². The van der Waals surface area contributed by atoms with Gasteiger partial charge in [-0.3, -0.25) is 15.6 Å². The Bertz CT molecular complexity index is 795. The zero-order chi connectivity index (χ0) is 17.9. The molecule has 0 aliphatic carbocycles. The summed E-state index contributed by atoms with van der Waals surface area (Å²) >= 11 is 6.53. The van der Waals surface area contributed by atoms with Crippen molar-refractivity contribution in [3.8, 4) is 0 Å². The summed E-state index contributed by atoms with van der Waals surface area (Å²) in [7, 11) is 1.32. The molecule has 0 aromatic carbocycles. The van der Waals surface area contributed by atoms with E-state index >= 15 is 0 Å². The fraction of sp³-hybridized carbons (Fsp3) is 0.267. The molecular formula is C15H17N3O4S2. The van der Waals surface area contributed by atoms with E-state index < -0.39 is 5.97 Å². The Hall–Kier alpha value is -2.39. The lowest BCUT2D eigenvalue weighted by Crippen LogP contribution is -2.43. The van der Waals surface area contributed by atoms with E-state index in [4.69, 9.17) is 21.4 Å². The number of carbonyl (C=O) groups is 2. The number of amides is 1. The lowest BCUT2D eigenvalue weighted by molar-refractivity contribution is 0.0601. The van der Waals surface area contributed by atoms with Crippen molar-refractivity contribution >= 4 is 45.5 Å². The minimum absolute atomic E-state index is 0.149. The van der Waals surface area contributed by atoms with Gasteiger partial charge in [-0.1, -0.05) is 0 Å². The van der Waals surface area contributed by atoms with Crippen LogP contribution in [0.3, 0.4) is 0 Å². The molecule has 7 nitrogen and oxygen atoms in total. The lowest BCUT2D eigenvalue weighted by atomic mass is 10.1. The minimum Gasteiger partial charge on any atom is -0.469 e. The van der Waals surface area contributed by atoms with Crippen molar-refractivity contribution < 1.29 is 18.7 Å². The predicted octanol–water partition coefficient (Wildman–Crippen LogP) is 2.68. The zero-order valence-electron chi connectivity index (χ0n) is 13.6. The van der Waals surface area contributed by atoms with Crippen molar-refractivity contribution in [2.75, 3.05) is 12.4 Å². The largest absolute Gasteiger partial charge is 0.469 e. The van der Waals surface area contributed by atoms with Crippen LogP contribution in [0.2, 0.25) is 0 Å². The smallest absolute Gasteiger partial charge is 0.341 e. The first-order chi connectivity index (χ1) is 11.3. The Morgan fingerprint density at radius 2 is 1.96 bits per heavy atom. The second kappa shape index (κ2) is 7.45. The van der Waals surface area contributed by atoms with E-state index in [9.17, 15) is 9.59 Å². The molecule has 128 valence electrons. The van der Waals surface area contributed by atoms with Gasteiger partial charge in [-0.15, -0.1) is 11.3 Å². The minimum atomic E-state index is -0.444. The van der Waals surface area contributed by atoms with E-state index in [0.717, 1.165) is 10.4 Å². The van der Waals surface area contributed by atoms with Crippen LogP contribution in [0.25, 0.3) is 0 Å². The van der Waals surface area contributed by atoms with Crippen LogP contribution in [0.4, 0.5) is 5.00 Å². The third-order valence-corrected chi connectivity index (χ3v) is 4.72. The van der Waals surface area contributed by atoms with Gasteiger partial charge in [0.25, 0.3) is 5.91 Å². The molecule has 24 heavy (non-hydrogen) atoms. The number of anilines is 1. The first-order valence-corrected chi connectivity index (χ1v) is 8.17. The summed E-state index contributed by atoms with van der Waals surface area (Å²) in [5.41, 5.74) is 6.73. The van der Waals surface area contributed by atoms with Gasteiger partial charge < -0.3 is 14.5 Å². The standard InChI is InChI=1S/C15H17N3O4S2/c1-7-9(3)24-13(11(7)14(20)21-4)16-15(23)18-17-12(19)10-5-6-22-8(10)2/h5-6H,1-4H3,(H,17,19)(H2,16,18,23). The van der Waals surface area contributed by atoms with Gasteiger partial charge >= 0.3 is 5.97 Å². The normalized spacial score (nSPS) is 10.2. The summed E-state index contributed by atoms with van der Waals surface area (Å²) in [4.78, 5) is 24.9. The van der Waals surface area contributed by atoms with Crippen LogP contribution in [-0.2, 0) is 4.74 Å². The molecule has 0 saturated carbocycles. The number of aryl methyl sites for hydroxylation is 2. The molecule has 2 heterocycles. The topological polar surface area (TPSA) is 92.6 Å². The molecule has 2 aromatic heterocycles. The molecular weight excluding hydrogens is 350 g/mol. The molecule has 9 heteroatoms. The maximum absolute atomic E-state index is 12.0. The van der Waals surface area contributed by atoms with E-state index in [0.29, 0.717) is 21.9 Å². The highest BCUT2D eigenvalue weighted by Crippen LogP contribution is 2.32. The van der Waals surface area contributed by atoms with E-state index in [2.05, 4.69) is 16.2 Å². The maximum atomic E-state index is 12.0. The Morgan fingerprint density at radius 1 is 1.25 bits per heavy atom. The van der Waals surface area contributed by atoms with Crippen molar-refractivity contribution in [1.82, 2.24) is 10.9 Å². The molecule has 0 radical (unpaired) electrons. The van der Waals surface area contributed by atoms with Crippen molar-refractivity contribution in [2.45, 2.75) is 20.8 Å². The van der Waals surface area contributed by atoms with Crippen molar-refractivity contribution in [1.29, 1.82) is 0 Å². The SMILES string of the molecule is COC(=O)c1c(NC(=S)NNC(=O)c2ccoc2C)sc(C)c1C. The lowest BCUT2D eigenvalue weighted by Gasteiger charge is -2.11. The summed E-state index contributed by atoms with van der Waals surface area (Å²) in [6, 6.07) is 1.56. The average Bonchev–Trinajstić information content (AvgIpc) is 3.08. The number of thiophene rings is 1. The van der Waals surface area contributed by atoms with Crippen LogP contribution in [-0.4, -0.2) is 24.1 Å². The average molecular weight is 367 g/mol. The van der Waals surface area contributed by atoms with Gasteiger partial charge in [0.05, 0.1) is 24.5 Å². The van der Waals surface area contributed by atoms with E-state index in [1.165, 1.54) is 24.7 Å². The number of rotatable bonds is 3. The second-order valence-corrected chi connectivity index (χ2v) is 6.54. The molecule has 0 atom stereocenters. The van der Waals surface area contributed by atoms with Crippen LogP contribution in [0.1, 0.15) is 36.9 Å².